The van der Waals surface area contributed by atoms with Gasteiger partial charge >= 0.3 is 0 Å². The number of aliphatic hydroxyl groups excluding tert-OH is 1. The number of hydrogen-bond acceptors (Lipinski definition) is 3. The second-order valence-corrected chi connectivity index (χ2v) is 7.73. The molecule has 0 spiro atoms. The normalized spacial score (nSPS) is 15.0. The molecule has 1 aliphatic rings. The summed E-state index contributed by atoms with van der Waals surface area (Å²) in [5.74, 6) is 5.52. The molecule has 5 heteroatoms. The summed E-state index contributed by atoms with van der Waals surface area (Å²) in [6, 6.07) is 12.6. The fourth-order valence-electron chi connectivity index (χ4n) is 3.75. The number of hydrogen-bond donors (Lipinski definition) is 2. The molecule has 0 bridgehead atoms. The zero-order valence-corrected chi connectivity index (χ0v) is 17.1. The van der Waals surface area contributed by atoms with Crippen LogP contribution < -0.4 is 5.32 Å². The molecule has 0 saturated heterocycles. The minimum Gasteiger partial charge on any atom is -0.372 e. The summed E-state index contributed by atoms with van der Waals surface area (Å²) in [6.07, 6.45) is 4.77. The van der Waals surface area contributed by atoms with Crippen molar-refractivity contribution in [3.8, 4) is 17.9 Å². The van der Waals surface area contributed by atoms with Gasteiger partial charge in [0.15, 0.2) is 6.10 Å². The van der Waals surface area contributed by atoms with Gasteiger partial charge in [0, 0.05) is 11.3 Å². The SMILES string of the molecule is Cc1c(C#CC(O)C(=O)Nc2ccc(C#N)c(Cl)c2)cccc1C1CCCCC1. The summed E-state index contributed by atoms with van der Waals surface area (Å²) in [5.41, 5.74) is 4.00. The quantitative estimate of drug-likeness (QED) is 0.710. The third-order valence-electron chi connectivity index (χ3n) is 5.37. The summed E-state index contributed by atoms with van der Waals surface area (Å²) >= 11 is 5.97. The number of halogens is 1. The summed E-state index contributed by atoms with van der Waals surface area (Å²) < 4.78 is 0. The van der Waals surface area contributed by atoms with Gasteiger partial charge in [0.2, 0.25) is 0 Å². The standard InChI is InChI=1S/C24H23ClN2O2/c1-16-17(8-5-9-21(16)18-6-3-2-4-7-18)11-13-23(28)24(29)27-20-12-10-19(15-26)22(25)14-20/h5,8-10,12,14,18,23,28H,2-4,6-7H2,1H3,(H,27,29). The minimum absolute atomic E-state index is 0.237. The maximum atomic E-state index is 12.2. The van der Waals surface area contributed by atoms with Gasteiger partial charge in [-0.2, -0.15) is 5.26 Å². The van der Waals surface area contributed by atoms with Crippen molar-refractivity contribution in [2.45, 2.75) is 51.0 Å². The Morgan fingerprint density at radius 2 is 1.97 bits per heavy atom. The molecule has 1 saturated carbocycles. The number of carbonyl (C=O) groups is 1. The van der Waals surface area contributed by atoms with Crippen molar-refractivity contribution in [2.24, 2.45) is 0 Å². The highest BCUT2D eigenvalue weighted by Crippen LogP contribution is 2.34. The van der Waals surface area contributed by atoms with E-state index in [9.17, 15) is 9.90 Å². The first kappa shape index (κ1) is 20.9. The van der Waals surface area contributed by atoms with Gasteiger partial charge in [-0.05, 0) is 61.1 Å². The molecule has 1 aliphatic carbocycles. The fraction of sp³-hybridized carbons (Fsp3) is 0.333. The molecular formula is C24H23ClN2O2. The summed E-state index contributed by atoms with van der Waals surface area (Å²) in [6.45, 7) is 2.05. The van der Waals surface area contributed by atoms with Crippen LogP contribution in [0.15, 0.2) is 36.4 Å². The van der Waals surface area contributed by atoms with E-state index in [1.165, 1.54) is 49.8 Å². The number of aliphatic hydroxyl groups is 1. The van der Waals surface area contributed by atoms with Crippen molar-refractivity contribution >= 4 is 23.2 Å². The molecule has 1 atom stereocenters. The molecule has 4 nitrogen and oxygen atoms in total. The van der Waals surface area contributed by atoms with E-state index >= 15 is 0 Å². The molecular weight excluding hydrogens is 384 g/mol. The molecule has 1 fully saturated rings. The fourth-order valence-corrected chi connectivity index (χ4v) is 3.97. The van der Waals surface area contributed by atoms with Gasteiger partial charge in [-0.3, -0.25) is 4.79 Å². The van der Waals surface area contributed by atoms with E-state index in [4.69, 9.17) is 16.9 Å². The number of rotatable bonds is 3. The molecule has 1 amide bonds. The first-order chi connectivity index (χ1) is 14.0. The van der Waals surface area contributed by atoms with Gasteiger partial charge in [-0.15, -0.1) is 0 Å². The second-order valence-electron chi connectivity index (χ2n) is 7.32. The highest BCUT2D eigenvalue weighted by atomic mass is 35.5. The van der Waals surface area contributed by atoms with Gasteiger partial charge in [0.05, 0.1) is 10.6 Å². The smallest absolute Gasteiger partial charge is 0.265 e. The Hall–Kier alpha value is -2.79. The van der Waals surface area contributed by atoms with E-state index in [1.54, 1.807) is 6.07 Å². The maximum Gasteiger partial charge on any atom is 0.265 e. The Morgan fingerprint density at radius 3 is 2.66 bits per heavy atom. The average Bonchev–Trinajstić information content (AvgIpc) is 2.73. The molecule has 0 heterocycles. The van der Waals surface area contributed by atoms with Gasteiger partial charge in [-0.25, -0.2) is 0 Å². The van der Waals surface area contributed by atoms with Crippen LogP contribution in [0, 0.1) is 30.1 Å². The zero-order valence-electron chi connectivity index (χ0n) is 16.3. The van der Waals surface area contributed by atoms with Crippen molar-refractivity contribution in [3.63, 3.8) is 0 Å². The van der Waals surface area contributed by atoms with E-state index < -0.39 is 12.0 Å². The van der Waals surface area contributed by atoms with Gasteiger partial charge in [0.1, 0.15) is 6.07 Å². The Bertz CT molecular complexity index is 1010. The number of nitriles is 1. The summed E-state index contributed by atoms with van der Waals surface area (Å²) in [7, 11) is 0. The van der Waals surface area contributed by atoms with E-state index in [-0.39, 0.29) is 5.02 Å². The molecule has 2 aromatic rings. The van der Waals surface area contributed by atoms with E-state index in [2.05, 4.69) is 30.1 Å². The predicted octanol–water partition coefficient (Wildman–Crippen LogP) is 4.92. The zero-order chi connectivity index (χ0) is 20.8. The molecule has 29 heavy (non-hydrogen) atoms. The lowest BCUT2D eigenvalue weighted by Gasteiger charge is -2.24. The Labute approximate surface area is 176 Å². The highest BCUT2D eigenvalue weighted by molar-refractivity contribution is 6.32. The average molecular weight is 407 g/mol. The van der Waals surface area contributed by atoms with Crippen molar-refractivity contribution < 1.29 is 9.90 Å². The van der Waals surface area contributed by atoms with Crippen molar-refractivity contribution in [1.82, 2.24) is 0 Å². The lowest BCUT2D eigenvalue weighted by atomic mass is 9.81. The van der Waals surface area contributed by atoms with Gasteiger partial charge in [0.25, 0.3) is 5.91 Å². The van der Waals surface area contributed by atoms with E-state index in [0.717, 1.165) is 11.1 Å². The van der Waals surface area contributed by atoms with Crippen LogP contribution >= 0.6 is 11.6 Å². The predicted molar refractivity (Wildman–Crippen MR) is 115 cm³/mol. The molecule has 0 radical (unpaired) electrons. The van der Waals surface area contributed by atoms with E-state index in [0.29, 0.717) is 17.2 Å². The largest absolute Gasteiger partial charge is 0.372 e. The molecule has 0 aliphatic heterocycles. The Balaban J connectivity index is 1.71. The molecule has 0 aromatic heterocycles. The minimum atomic E-state index is -1.47. The van der Waals surface area contributed by atoms with Crippen LogP contribution in [0.4, 0.5) is 5.69 Å². The van der Waals surface area contributed by atoms with Crippen LogP contribution in [0.1, 0.15) is 60.3 Å². The van der Waals surface area contributed by atoms with Gasteiger partial charge in [-0.1, -0.05) is 54.8 Å². The number of amides is 1. The van der Waals surface area contributed by atoms with Crippen LogP contribution in [0.5, 0.6) is 0 Å². The van der Waals surface area contributed by atoms with Gasteiger partial charge < -0.3 is 10.4 Å². The first-order valence-electron chi connectivity index (χ1n) is 9.79. The second kappa shape index (κ2) is 9.61. The van der Waals surface area contributed by atoms with Crippen LogP contribution in [-0.2, 0) is 4.79 Å². The number of carbonyl (C=O) groups excluding carboxylic acids is 1. The first-order valence-corrected chi connectivity index (χ1v) is 10.2. The lowest BCUT2D eigenvalue weighted by Crippen LogP contribution is -2.26. The van der Waals surface area contributed by atoms with Crippen LogP contribution in [-0.4, -0.2) is 17.1 Å². The number of nitrogens with one attached hydrogen (secondary N) is 1. The molecule has 1 unspecified atom stereocenters. The summed E-state index contributed by atoms with van der Waals surface area (Å²) in [4.78, 5) is 12.2. The van der Waals surface area contributed by atoms with Crippen LogP contribution in [0.25, 0.3) is 0 Å². The summed E-state index contributed by atoms with van der Waals surface area (Å²) in [5, 5.41) is 21.9. The molecule has 2 aromatic carbocycles. The third kappa shape index (κ3) is 5.18. The Morgan fingerprint density at radius 1 is 1.21 bits per heavy atom. The number of anilines is 1. The lowest BCUT2D eigenvalue weighted by molar-refractivity contribution is -0.121. The maximum absolute atomic E-state index is 12.2. The number of nitrogens with zero attached hydrogens (tertiary/aromatic N) is 1. The van der Waals surface area contributed by atoms with Crippen LogP contribution in [0.2, 0.25) is 5.02 Å². The molecule has 2 N–H and O–H groups in total. The highest BCUT2D eigenvalue weighted by Gasteiger charge is 2.18. The Kier molecular flexibility index (Phi) is 6.94. The number of benzene rings is 2. The van der Waals surface area contributed by atoms with Crippen LogP contribution in [0.3, 0.4) is 0 Å². The third-order valence-corrected chi connectivity index (χ3v) is 5.68. The van der Waals surface area contributed by atoms with E-state index in [1.807, 2.05) is 18.2 Å². The monoisotopic (exact) mass is 406 g/mol. The molecule has 148 valence electrons. The van der Waals surface area contributed by atoms with Crippen molar-refractivity contribution in [3.05, 3.63) is 63.7 Å². The molecule has 3 rings (SSSR count). The van der Waals surface area contributed by atoms with Crippen molar-refractivity contribution in [1.29, 1.82) is 5.26 Å². The topological polar surface area (TPSA) is 73.1 Å². The van der Waals surface area contributed by atoms with Crippen molar-refractivity contribution in [2.75, 3.05) is 5.32 Å².